The number of aromatic nitrogens is 6. The van der Waals surface area contributed by atoms with Crippen molar-refractivity contribution >= 4 is 0 Å². The van der Waals surface area contributed by atoms with Crippen molar-refractivity contribution in [2.24, 2.45) is 7.05 Å². The first-order chi connectivity index (χ1) is 13.0. The second kappa shape index (κ2) is 7.11. The van der Waals surface area contributed by atoms with Crippen LogP contribution in [0.15, 0.2) is 29.3 Å². The minimum Gasteiger partial charge on any atom is -0.381 e. The molecule has 0 spiro atoms. The van der Waals surface area contributed by atoms with Gasteiger partial charge in [-0.15, -0.1) is 0 Å². The van der Waals surface area contributed by atoms with E-state index in [0.29, 0.717) is 0 Å². The number of aromatic amines is 1. The van der Waals surface area contributed by atoms with Crippen LogP contribution in [0.3, 0.4) is 0 Å². The highest BCUT2D eigenvalue weighted by molar-refractivity contribution is 5.61. The van der Waals surface area contributed by atoms with Gasteiger partial charge in [-0.05, 0) is 24.8 Å². The number of aryl methyl sites for hydroxylation is 1. The van der Waals surface area contributed by atoms with Crippen LogP contribution < -0.4 is 5.56 Å². The smallest absolute Gasteiger partial charge is 0.248 e. The Balaban J connectivity index is 1.88. The lowest BCUT2D eigenvalue weighted by Crippen LogP contribution is -2.15. The Labute approximate surface area is 157 Å². The Morgan fingerprint density at radius 1 is 1.26 bits per heavy atom. The first-order valence-corrected chi connectivity index (χ1v) is 9.30. The molecule has 1 N–H and O–H groups in total. The Hall–Kier alpha value is -2.74. The lowest BCUT2D eigenvalue weighted by molar-refractivity contribution is 0.0836. The molecule has 3 aromatic rings. The van der Waals surface area contributed by atoms with Crippen molar-refractivity contribution < 1.29 is 4.74 Å². The topological polar surface area (TPSA) is 90.6 Å². The number of hydrogen-bond acceptors (Lipinski definition) is 5. The minimum absolute atomic E-state index is 0.112. The van der Waals surface area contributed by atoms with Crippen LogP contribution in [-0.4, -0.2) is 42.7 Å². The zero-order valence-electron chi connectivity index (χ0n) is 15.8. The number of nitrogens with one attached hydrogen (secondary N) is 1. The summed E-state index contributed by atoms with van der Waals surface area (Å²) in [5.41, 5.74) is 2.48. The van der Waals surface area contributed by atoms with E-state index in [1.54, 1.807) is 10.9 Å². The van der Waals surface area contributed by atoms with Crippen LogP contribution >= 0.6 is 0 Å². The molecule has 1 aliphatic heterocycles. The van der Waals surface area contributed by atoms with Gasteiger partial charge < -0.3 is 9.72 Å². The molecule has 0 bridgehead atoms. The van der Waals surface area contributed by atoms with Crippen LogP contribution in [0.4, 0.5) is 0 Å². The molecule has 3 aromatic heterocycles. The summed E-state index contributed by atoms with van der Waals surface area (Å²) in [6.07, 6.45) is 5.51. The first kappa shape index (κ1) is 17.7. The molecule has 1 fully saturated rings. The number of ether oxygens (including phenoxy) is 1. The van der Waals surface area contributed by atoms with Crippen molar-refractivity contribution in [1.82, 2.24) is 29.5 Å². The molecule has 0 saturated carbocycles. The van der Waals surface area contributed by atoms with Crippen molar-refractivity contribution in [3.63, 3.8) is 0 Å². The van der Waals surface area contributed by atoms with Gasteiger partial charge in [0.15, 0.2) is 11.6 Å². The lowest BCUT2D eigenvalue weighted by Gasteiger charge is -2.18. The van der Waals surface area contributed by atoms with E-state index in [1.165, 1.54) is 6.07 Å². The summed E-state index contributed by atoms with van der Waals surface area (Å²) < 4.78 is 9.05. The molecule has 0 aliphatic carbocycles. The van der Waals surface area contributed by atoms with Crippen LogP contribution in [0.25, 0.3) is 17.1 Å². The third kappa shape index (κ3) is 3.44. The second-order valence-electron chi connectivity index (χ2n) is 7.27. The maximum absolute atomic E-state index is 11.9. The van der Waals surface area contributed by atoms with Gasteiger partial charge in [0.25, 0.3) is 0 Å². The van der Waals surface area contributed by atoms with Crippen molar-refractivity contribution in [1.29, 1.82) is 0 Å². The van der Waals surface area contributed by atoms with E-state index in [1.807, 2.05) is 24.0 Å². The molecule has 0 radical (unpaired) electrons. The largest absolute Gasteiger partial charge is 0.381 e. The number of H-pyrrole nitrogens is 1. The van der Waals surface area contributed by atoms with E-state index in [-0.39, 0.29) is 17.4 Å². The molecule has 8 nitrogen and oxygen atoms in total. The summed E-state index contributed by atoms with van der Waals surface area (Å²) in [6, 6.07) is 3.37. The van der Waals surface area contributed by atoms with Crippen LogP contribution in [0.1, 0.15) is 50.0 Å². The van der Waals surface area contributed by atoms with Gasteiger partial charge in [-0.2, -0.15) is 10.2 Å². The van der Waals surface area contributed by atoms with Gasteiger partial charge in [0.1, 0.15) is 5.69 Å². The van der Waals surface area contributed by atoms with Crippen molar-refractivity contribution in [2.45, 2.75) is 38.5 Å². The van der Waals surface area contributed by atoms with Crippen LogP contribution in [0.2, 0.25) is 0 Å². The lowest BCUT2D eigenvalue weighted by atomic mass is 10.00. The zero-order chi connectivity index (χ0) is 19.0. The van der Waals surface area contributed by atoms with Crippen molar-refractivity contribution in [3.05, 3.63) is 46.4 Å². The maximum Gasteiger partial charge on any atom is 0.248 e. The quantitative estimate of drug-likeness (QED) is 0.763. The Morgan fingerprint density at radius 2 is 2.04 bits per heavy atom. The molecule has 0 amide bonds. The molecule has 27 heavy (non-hydrogen) atoms. The normalized spacial score (nSPS) is 15.6. The number of hydrogen-bond donors (Lipinski definition) is 1. The molecule has 1 saturated heterocycles. The zero-order valence-corrected chi connectivity index (χ0v) is 15.8. The van der Waals surface area contributed by atoms with Crippen molar-refractivity contribution in [2.75, 3.05) is 13.2 Å². The van der Waals surface area contributed by atoms with Gasteiger partial charge in [0.2, 0.25) is 5.56 Å². The summed E-state index contributed by atoms with van der Waals surface area (Å²) in [7, 11) is 1.87. The van der Waals surface area contributed by atoms with Gasteiger partial charge in [-0.1, -0.05) is 13.8 Å². The highest BCUT2D eigenvalue weighted by Gasteiger charge is 2.25. The number of nitrogens with zero attached hydrogens (tertiary/aromatic N) is 5. The van der Waals surface area contributed by atoms with Gasteiger partial charge in [0.05, 0.1) is 12.4 Å². The van der Waals surface area contributed by atoms with Crippen molar-refractivity contribution in [3.8, 4) is 17.1 Å². The molecular weight excluding hydrogens is 344 g/mol. The molecule has 0 atom stereocenters. The number of pyridine rings is 1. The molecule has 4 heterocycles. The molecule has 142 valence electrons. The molecule has 8 heteroatoms. The standard InChI is InChI=1S/C19H24N6O2/c1-12(2)17-15(4-5-16(26)21-17)19-22-18(13-6-8-27-9-7-13)23-25(19)14-10-20-24(3)11-14/h4-5,10-13H,6-9H2,1-3H3,(H,21,26). The van der Waals surface area contributed by atoms with E-state index in [0.717, 1.165) is 54.6 Å². The Morgan fingerprint density at radius 3 is 2.70 bits per heavy atom. The fraction of sp³-hybridized carbons (Fsp3) is 0.474. The van der Waals surface area contributed by atoms with Gasteiger partial charge in [-0.3, -0.25) is 9.48 Å². The van der Waals surface area contributed by atoms with Crippen LogP contribution in [0.5, 0.6) is 0 Å². The predicted octanol–water partition coefficient (Wildman–Crippen LogP) is 2.37. The molecular formula is C19H24N6O2. The minimum atomic E-state index is -0.112. The average molecular weight is 368 g/mol. The van der Waals surface area contributed by atoms with E-state index in [4.69, 9.17) is 14.8 Å². The number of rotatable bonds is 4. The SMILES string of the molecule is CC(C)c1[nH]c(=O)ccc1-c1nc(C2CCOCC2)nn1-c1cnn(C)c1. The van der Waals surface area contributed by atoms with E-state index in [9.17, 15) is 4.79 Å². The first-order valence-electron chi connectivity index (χ1n) is 9.30. The van der Waals surface area contributed by atoms with Gasteiger partial charge in [-0.25, -0.2) is 9.67 Å². The fourth-order valence-electron chi connectivity index (χ4n) is 3.47. The maximum atomic E-state index is 11.9. The third-order valence-electron chi connectivity index (χ3n) is 4.91. The summed E-state index contributed by atoms with van der Waals surface area (Å²) in [4.78, 5) is 19.7. The second-order valence-corrected chi connectivity index (χ2v) is 7.27. The summed E-state index contributed by atoms with van der Waals surface area (Å²) >= 11 is 0. The van der Waals surface area contributed by atoms with Crippen LogP contribution in [-0.2, 0) is 11.8 Å². The molecule has 0 unspecified atom stereocenters. The van der Waals surface area contributed by atoms with E-state index in [2.05, 4.69) is 23.9 Å². The predicted molar refractivity (Wildman–Crippen MR) is 101 cm³/mol. The summed E-state index contributed by atoms with van der Waals surface area (Å²) in [5, 5.41) is 9.09. The Kier molecular flexibility index (Phi) is 4.65. The van der Waals surface area contributed by atoms with E-state index >= 15 is 0 Å². The Bertz CT molecular complexity index is 994. The highest BCUT2D eigenvalue weighted by atomic mass is 16.5. The van der Waals surface area contributed by atoms with Gasteiger partial charge in [0, 0.05) is 43.5 Å². The average Bonchev–Trinajstić information content (AvgIpc) is 3.28. The molecule has 1 aliphatic rings. The highest BCUT2D eigenvalue weighted by Crippen LogP contribution is 2.31. The fourth-order valence-corrected chi connectivity index (χ4v) is 3.47. The molecule has 0 aromatic carbocycles. The summed E-state index contributed by atoms with van der Waals surface area (Å²) in [6.45, 7) is 5.58. The monoisotopic (exact) mass is 368 g/mol. The molecule has 4 rings (SSSR count). The van der Waals surface area contributed by atoms with E-state index < -0.39 is 0 Å². The third-order valence-corrected chi connectivity index (χ3v) is 4.91. The van der Waals surface area contributed by atoms with Crippen LogP contribution in [0, 0.1) is 0 Å². The van der Waals surface area contributed by atoms with Gasteiger partial charge >= 0.3 is 0 Å². The summed E-state index contributed by atoms with van der Waals surface area (Å²) in [5.74, 6) is 1.97.